The maximum atomic E-state index is 12.4. The second-order valence-corrected chi connectivity index (χ2v) is 5.18. The number of esters is 2. The molecule has 9 heteroatoms. The van der Waals surface area contributed by atoms with E-state index in [1.165, 1.54) is 14.2 Å². The topological polar surface area (TPSA) is 114 Å². The molecule has 1 aromatic rings. The van der Waals surface area contributed by atoms with E-state index in [-0.39, 0.29) is 30.3 Å². The van der Waals surface area contributed by atoms with Crippen molar-refractivity contribution in [2.45, 2.75) is 19.8 Å². The molecule has 1 atom stereocenters. The van der Waals surface area contributed by atoms with Crippen LogP contribution in [0.25, 0.3) is 0 Å². The Labute approximate surface area is 151 Å². The summed E-state index contributed by atoms with van der Waals surface area (Å²) in [6, 6.07) is 4.77. The molecule has 0 N–H and O–H groups in total. The number of benzene rings is 1. The maximum Gasteiger partial charge on any atom is 0.321 e. The van der Waals surface area contributed by atoms with Gasteiger partial charge in [0.15, 0.2) is 5.92 Å². The number of carbonyl (C=O) groups is 2. The van der Waals surface area contributed by atoms with Crippen LogP contribution in [0.2, 0.25) is 0 Å². The largest absolute Gasteiger partial charge is 0.496 e. The van der Waals surface area contributed by atoms with Crippen molar-refractivity contribution in [1.82, 2.24) is 0 Å². The summed E-state index contributed by atoms with van der Waals surface area (Å²) in [5, 5.41) is 11.3. The van der Waals surface area contributed by atoms with Gasteiger partial charge in [-0.05, 0) is 26.0 Å². The zero-order chi connectivity index (χ0) is 19.7. The van der Waals surface area contributed by atoms with E-state index in [1.54, 1.807) is 32.0 Å². The standard InChI is InChI=1S/C17H23NO8/c1-5-25-16(19)15(17(20)26-6-2)11(10-18(21)22)14-12(23-3)8-7-9-13(14)24-4/h7-9,11,15H,5-6,10H2,1-4H3/t11-/m0/s1. The molecular weight excluding hydrogens is 346 g/mol. The lowest BCUT2D eigenvalue weighted by atomic mass is 9.84. The van der Waals surface area contributed by atoms with E-state index in [4.69, 9.17) is 18.9 Å². The fourth-order valence-corrected chi connectivity index (χ4v) is 2.66. The molecule has 9 nitrogen and oxygen atoms in total. The summed E-state index contributed by atoms with van der Waals surface area (Å²) in [4.78, 5) is 35.5. The number of nitrogens with zero attached hydrogens (tertiary/aromatic N) is 1. The molecule has 1 aromatic carbocycles. The van der Waals surface area contributed by atoms with Gasteiger partial charge in [0.25, 0.3) is 0 Å². The molecule has 0 saturated carbocycles. The minimum atomic E-state index is -1.52. The van der Waals surface area contributed by atoms with Gasteiger partial charge in [0, 0.05) is 10.5 Å². The number of nitro groups is 1. The fraction of sp³-hybridized carbons (Fsp3) is 0.529. The summed E-state index contributed by atoms with van der Waals surface area (Å²) >= 11 is 0. The molecule has 0 aliphatic rings. The Bertz CT molecular complexity index is 605. The first-order valence-corrected chi connectivity index (χ1v) is 8.07. The van der Waals surface area contributed by atoms with Crippen LogP contribution in [-0.4, -0.2) is 50.8 Å². The van der Waals surface area contributed by atoms with Crippen molar-refractivity contribution < 1.29 is 33.5 Å². The second-order valence-electron chi connectivity index (χ2n) is 5.18. The maximum absolute atomic E-state index is 12.4. The zero-order valence-corrected chi connectivity index (χ0v) is 15.2. The van der Waals surface area contributed by atoms with Crippen molar-refractivity contribution in [3.8, 4) is 11.5 Å². The summed E-state index contributed by atoms with van der Waals surface area (Å²) in [6.07, 6.45) is 0. The highest BCUT2D eigenvalue weighted by molar-refractivity contribution is 5.96. The van der Waals surface area contributed by atoms with Gasteiger partial charge in [-0.25, -0.2) is 0 Å². The molecule has 0 unspecified atom stereocenters. The molecular formula is C17H23NO8. The first kappa shape index (κ1) is 21.2. The van der Waals surface area contributed by atoms with Crippen LogP contribution in [0.1, 0.15) is 25.3 Å². The third-order valence-electron chi connectivity index (χ3n) is 3.67. The van der Waals surface area contributed by atoms with Gasteiger partial charge in [-0.15, -0.1) is 0 Å². The molecule has 0 fully saturated rings. The van der Waals surface area contributed by atoms with Gasteiger partial charge >= 0.3 is 11.9 Å². The molecule has 0 saturated heterocycles. The van der Waals surface area contributed by atoms with Crippen molar-refractivity contribution in [2.24, 2.45) is 5.92 Å². The molecule has 0 aromatic heterocycles. The average Bonchev–Trinajstić information content (AvgIpc) is 2.60. The van der Waals surface area contributed by atoms with Gasteiger partial charge in [0.1, 0.15) is 11.5 Å². The van der Waals surface area contributed by atoms with Crippen molar-refractivity contribution in [3.63, 3.8) is 0 Å². The molecule has 0 radical (unpaired) electrons. The van der Waals surface area contributed by atoms with Crippen LogP contribution < -0.4 is 9.47 Å². The normalized spacial score (nSPS) is 11.6. The number of ether oxygens (including phenoxy) is 4. The third-order valence-corrected chi connectivity index (χ3v) is 3.67. The van der Waals surface area contributed by atoms with Gasteiger partial charge in [0.05, 0.1) is 33.4 Å². The summed E-state index contributed by atoms with van der Waals surface area (Å²) in [6.45, 7) is 2.48. The Morgan fingerprint density at radius 2 is 1.50 bits per heavy atom. The van der Waals surface area contributed by atoms with Crippen molar-refractivity contribution in [2.75, 3.05) is 34.0 Å². The van der Waals surface area contributed by atoms with Crippen LogP contribution in [-0.2, 0) is 19.1 Å². The molecule has 144 valence electrons. The van der Waals surface area contributed by atoms with Crippen LogP contribution in [0.15, 0.2) is 18.2 Å². The molecule has 0 amide bonds. The summed E-state index contributed by atoms with van der Waals surface area (Å²) < 4.78 is 20.5. The lowest BCUT2D eigenvalue weighted by molar-refractivity contribution is -0.484. The van der Waals surface area contributed by atoms with Crippen molar-refractivity contribution in [1.29, 1.82) is 0 Å². The Morgan fingerprint density at radius 3 is 1.85 bits per heavy atom. The lowest BCUT2D eigenvalue weighted by Gasteiger charge is -2.24. The van der Waals surface area contributed by atoms with E-state index >= 15 is 0 Å². The number of hydrogen-bond acceptors (Lipinski definition) is 8. The van der Waals surface area contributed by atoms with Crippen LogP contribution in [0.5, 0.6) is 11.5 Å². The molecule has 0 aliphatic carbocycles. The van der Waals surface area contributed by atoms with Crippen LogP contribution >= 0.6 is 0 Å². The lowest BCUT2D eigenvalue weighted by Crippen LogP contribution is -2.36. The van der Waals surface area contributed by atoms with E-state index in [0.29, 0.717) is 0 Å². The van der Waals surface area contributed by atoms with E-state index in [0.717, 1.165) is 0 Å². The molecule has 0 heterocycles. The average molecular weight is 369 g/mol. The highest BCUT2D eigenvalue weighted by Gasteiger charge is 2.44. The first-order chi connectivity index (χ1) is 12.4. The molecule has 0 spiro atoms. The molecule has 1 rings (SSSR count). The van der Waals surface area contributed by atoms with Crippen LogP contribution in [0.3, 0.4) is 0 Å². The second kappa shape index (κ2) is 10.2. The molecule has 0 aliphatic heterocycles. The summed E-state index contributed by atoms with van der Waals surface area (Å²) in [5.74, 6) is -3.99. The van der Waals surface area contributed by atoms with Crippen molar-refractivity contribution >= 4 is 11.9 Å². The zero-order valence-electron chi connectivity index (χ0n) is 15.2. The molecule has 0 bridgehead atoms. The predicted octanol–water partition coefficient (Wildman–Crippen LogP) is 1.81. The highest BCUT2D eigenvalue weighted by Crippen LogP contribution is 2.40. The Balaban J connectivity index is 3.57. The van der Waals surface area contributed by atoms with E-state index in [2.05, 4.69) is 0 Å². The highest BCUT2D eigenvalue weighted by atomic mass is 16.6. The van der Waals surface area contributed by atoms with Gasteiger partial charge in [-0.1, -0.05) is 6.07 Å². The van der Waals surface area contributed by atoms with E-state index in [9.17, 15) is 19.7 Å². The number of methoxy groups -OCH3 is 2. The van der Waals surface area contributed by atoms with Gasteiger partial charge in [0.2, 0.25) is 6.54 Å². The fourth-order valence-electron chi connectivity index (χ4n) is 2.66. The minimum absolute atomic E-state index is 0.0168. The Morgan fingerprint density at radius 1 is 1.04 bits per heavy atom. The number of hydrogen-bond donors (Lipinski definition) is 0. The smallest absolute Gasteiger partial charge is 0.321 e. The minimum Gasteiger partial charge on any atom is -0.496 e. The number of carbonyl (C=O) groups excluding carboxylic acids is 2. The van der Waals surface area contributed by atoms with Gasteiger partial charge in [-0.3, -0.25) is 19.7 Å². The monoisotopic (exact) mass is 369 g/mol. The number of rotatable bonds is 10. The van der Waals surface area contributed by atoms with Crippen LogP contribution in [0.4, 0.5) is 0 Å². The molecule has 26 heavy (non-hydrogen) atoms. The predicted molar refractivity (Wildman–Crippen MR) is 90.9 cm³/mol. The van der Waals surface area contributed by atoms with Crippen molar-refractivity contribution in [3.05, 3.63) is 33.9 Å². The Kier molecular flexibility index (Phi) is 8.33. The summed E-state index contributed by atoms with van der Waals surface area (Å²) in [7, 11) is 2.76. The first-order valence-electron chi connectivity index (χ1n) is 8.07. The third kappa shape index (κ3) is 5.08. The van der Waals surface area contributed by atoms with Gasteiger partial charge in [-0.2, -0.15) is 0 Å². The van der Waals surface area contributed by atoms with Gasteiger partial charge < -0.3 is 18.9 Å². The van der Waals surface area contributed by atoms with Crippen LogP contribution in [0, 0.1) is 16.0 Å². The van der Waals surface area contributed by atoms with E-state index < -0.39 is 35.2 Å². The summed E-state index contributed by atoms with van der Waals surface area (Å²) in [5.41, 5.74) is 0.236. The Hall–Kier alpha value is -2.84. The SMILES string of the molecule is CCOC(=O)C(C(=O)OCC)[C@@H](C[N+](=O)[O-])c1c(OC)cccc1OC. The quantitative estimate of drug-likeness (QED) is 0.265. The van der Waals surface area contributed by atoms with E-state index in [1.807, 2.05) is 0 Å².